The Kier molecular flexibility index (Phi) is 5.78. The molecule has 0 unspecified atom stereocenters. The number of nitrogen functional groups attached to an aromatic ring is 1. The number of fused-ring (bicyclic) bond motifs is 1. The molecule has 2 N–H and O–H groups in total. The largest absolute Gasteiger partial charge is 0.463 e. The molecule has 4 atom stereocenters. The Labute approximate surface area is 167 Å². The fraction of sp³-hybridized carbons (Fsp3) is 0.500. The molecule has 162 valence electrons. The first kappa shape index (κ1) is 21.3. The zero-order valence-electron chi connectivity index (χ0n) is 16.0. The van der Waals surface area contributed by atoms with E-state index in [2.05, 4.69) is 15.0 Å². The topological polar surface area (TPSA) is 158 Å². The number of carbonyl (C=O) groups is 3. The zero-order chi connectivity index (χ0) is 22.2. The van der Waals surface area contributed by atoms with Crippen LogP contribution < -0.4 is 5.73 Å². The van der Waals surface area contributed by atoms with Crippen molar-refractivity contribution in [2.45, 2.75) is 45.3 Å². The number of esters is 3. The van der Waals surface area contributed by atoms with E-state index in [0.717, 1.165) is 20.8 Å². The van der Waals surface area contributed by atoms with Crippen LogP contribution in [0.1, 0.15) is 27.0 Å². The Morgan fingerprint density at radius 2 is 1.67 bits per heavy atom. The molecule has 1 aliphatic rings. The molecule has 0 aromatic carbocycles. The third-order valence-electron chi connectivity index (χ3n) is 4.07. The molecule has 0 bridgehead atoms. The normalized spacial score (nSPS) is 23.4. The van der Waals surface area contributed by atoms with Gasteiger partial charge in [-0.1, -0.05) is 0 Å². The van der Waals surface area contributed by atoms with Crippen LogP contribution in [0.3, 0.4) is 0 Å². The number of hydrogen-bond donors (Lipinski definition) is 1. The lowest BCUT2D eigenvalue weighted by molar-refractivity contribution is -0.166. The zero-order valence-corrected chi connectivity index (χ0v) is 16.0. The minimum Gasteiger partial charge on any atom is -0.463 e. The number of rotatable bonds is 5. The van der Waals surface area contributed by atoms with Gasteiger partial charge in [0, 0.05) is 20.8 Å². The molecule has 1 fully saturated rings. The van der Waals surface area contributed by atoms with Crippen molar-refractivity contribution in [2.24, 2.45) is 0 Å². The molecule has 1 aliphatic heterocycles. The summed E-state index contributed by atoms with van der Waals surface area (Å²) in [7, 11) is 0. The lowest BCUT2D eigenvalue weighted by Gasteiger charge is -2.23. The summed E-state index contributed by atoms with van der Waals surface area (Å²) in [6.45, 7) is 2.91. The van der Waals surface area contributed by atoms with Crippen LogP contribution in [0, 0.1) is 12.0 Å². The molecule has 0 spiro atoms. The highest BCUT2D eigenvalue weighted by Gasteiger charge is 2.52. The summed E-state index contributed by atoms with van der Waals surface area (Å²) >= 11 is 0. The van der Waals surface area contributed by atoms with Gasteiger partial charge in [-0.2, -0.15) is 23.7 Å². The maximum absolute atomic E-state index is 14.7. The van der Waals surface area contributed by atoms with E-state index in [-0.39, 0.29) is 5.65 Å². The Balaban J connectivity index is 2.10. The molecule has 0 radical (unpaired) electrons. The molecule has 1 saturated heterocycles. The summed E-state index contributed by atoms with van der Waals surface area (Å²) in [6, 6.07) is 0. The molecular weight excluding hydrogens is 412 g/mol. The average molecular weight is 429 g/mol. The van der Waals surface area contributed by atoms with Crippen molar-refractivity contribution < 1.29 is 42.1 Å². The summed E-state index contributed by atoms with van der Waals surface area (Å²) in [5, 5.41) is 0. The molecular formula is C16H17F2N5O7. The first-order chi connectivity index (χ1) is 14.1. The molecule has 2 aromatic rings. The Hall–Kier alpha value is -3.42. The van der Waals surface area contributed by atoms with Crippen LogP contribution in [0.4, 0.5) is 14.7 Å². The van der Waals surface area contributed by atoms with Gasteiger partial charge in [-0.15, -0.1) is 0 Å². The van der Waals surface area contributed by atoms with Crippen molar-refractivity contribution in [2.75, 3.05) is 12.3 Å². The van der Waals surface area contributed by atoms with Gasteiger partial charge < -0.3 is 24.7 Å². The fourth-order valence-corrected chi connectivity index (χ4v) is 3.06. The van der Waals surface area contributed by atoms with Crippen molar-refractivity contribution in [3.05, 3.63) is 12.0 Å². The molecule has 2 aromatic heterocycles. The van der Waals surface area contributed by atoms with Crippen LogP contribution in [0.5, 0.6) is 0 Å². The minimum atomic E-state index is -1.50. The summed E-state index contributed by atoms with van der Waals surface area (Å²) in [6.07, 6.45) is -6.58. The van der Waals surface area contributed by atoms with Gasteiger partial charge in [0.1, 0.15) is 12.7 Å². The molecule has 3 rings (SSSR count). The highest BCUT2D eigenvalue weighted by molar-refractivity contribution is 5.72. The fourth-order valence-electron chi connectivity index (χ4n) is 3.06. The smallest absolute Gasteiger partial charge is 0.303 e. The van der Waals surface area contributed by atoms with E-state index >= 15 is 0 Å². The van der Waals surface area contributed by atoms with Crippen LogP contribution in [0.15, 0.2) is 0 Å². The lowest BCUT2D eigenvalue weighted by atomic mass is 10.1. The van der Waals surface area contributed by atoms with Crippen LogP contribution in [0.2, 0.25) is 0 Å². The average Bonchev–Trinajstić information content (AvgIpc) is 3.10. The Bertz CT molecular complexity index is 1010. The summed E-state index contributed by atoms with van der Waals surface area (Å²) in [4.78, 5) is 44.9. The lowest BCUT2D eigenvalue weighted by Crippen LogP contribution is -2.40. The Morgan fingerprint density at radius 1 is 1.03 bits per heavy atom. The second-order valence-corrected chi connectivity index (χ2v) is 6.31. The standard InChI is InChI=1S/C16H17F2N5O7/c1-5(24)27-4-8-10(28-6(2)25)11(29-7(3)26)14(30-8)23-13-9(20-15(23)18)12(17)21-16(19)22-13/h8,10-11,14H,4H2,1-3H3,(H2,19,21,22)/t8-,10-,11-,14-/m1/s1. The maximum atomic E-state index is 14.7. The van der Waals surface area contributed by atoms with Gasteiger partial charge in [0.2, 0.25) is 11.9 Å². The number of ether oxygens (including phenoxy) is 4. The van der Waals surface area contributed by atoms with Crippen molar-refractivity contribution in [1.82, 2.24) is 19.5 Å². The predicted molar refractivity (Wildman–Crippen MR) is 91.3 cm³/mol. The van der Waals surface area contributed by atoms with Gasteiger partial charge >= 0.3 is 17.9 Å². The number of carbonyl (C=O) groups excluding carboxylic acids is 3. The molecule has 3 heterocycles. The van der Waals surface area contributed by atoms with Crippen LogP contribution >= 0.6 is 0 Å². The van der Waals surface area contributed by atoms with Crippen molar-refractivity contribution in [1.29, 1.82) is 0 Å². The van der Waals surface area contributed by atoms with Gasteiger partial charge in [-0.25, -0.2) is 0 Å². The molecule has 0 amide bonds. The third kappa shape index (κ3) is 4.12. The summed E-state index contributed by atoms with van der Waals surface area (Å²) in [5.74, 6) is -3.90. The summed E-state index contributed by atoms with van der Waals surface area (Å²) < 4.78 is 50.4. The van der Waals surface area contributed by atoms with Crippen molar-refractivity contribution >= 4 is 35.0 Å². The first-order valence-corrected chi connectivity index (χ1v) is 8.58. The van der Waals surface area contributed by atoms with E-state index in [1.807, 2.05) is 0 Å². The van der Waals surface area contributed by atoms with Gasteiger partial charge in [-0.3, -0.25) is 19.0 Å². The van der Waals surface area contributed by atoms with Crippen LogP contribution in [-0.4, -0.2) is 62.3 Å². The second-order valence-electron chi connectivity index (χ2n) is 6.31. The number of nitrogens with zero attached hydrogens (tertiary/aromatic N) is 4. The van der Waals surface area contributed by atoms with E-state index in [1.165, 1.54) is 0 Å². The number of hydrogen-bond acceptors (Lipinski definition) is 11. The third-order valence-corrected chi connectivity index (χ3v) is 4.07. The number of imidazole rings is 1. The predicted octanol–water partition coefficient (Wildman–Crippen LogP) is 0.0106. The quantitative estimate of drug-likeness (QED) is 0.295. The van der Waals surface area contributed by atoms with E-state index in [0.29, 0.717) is 4.57 Å². The molecule has 0 aliphatic carbocycles. The summed E-state index contributed by atoms with van der Waals surface area (Å²) in [5.41, 5.74) is 4.52. The molecule has 12 nitrogen and oxygen atoms in total. The van der Waals surface area contributed by atoms with Gasteiger partial charge in [0.25, 0.3) is 6.08 Å². The molecule has 30 heavy (non-hydrogen) atoms. The Morgan fingerprint density at radius 3 is 2.27 bits per heavy atom. The van der Waals surface area contributed by atoms with E-state index < -0.39 is 72.5 Å². The van der Waals surface area contributed by atoms with Gasteiger partial charge in [0.15, 0.2) is 29.6 Å². The van der Waals surface area contributed by atoms with E-state index in [4.69, 9.17) is 24.7 Å². The maximum Gasteiger partial charge on any atom is 0.303 e. The number of anilines is 1. The SMILES string of the molecule is CC(=O)OC[C@H]1O[C@@H](n2c(F)nc3c(F)nc(N)nc32)[C@H](OC(C)=O)[C@@H]1OC(C)=O. The van der Waals surface area contributed by atoms with Crippen molar-refractivity contribution in [3.8, 4) is 0 Å². The monoisotopic (exact) mass is 429 g/mol. The van der Waals surface area contributed by atoms with Crippen LogP contribution in [-0.2, 0) is 33.3 Å². The van der Waals surface area contributed by atoms with E-state index in [1.54, 1.807) is 0 Å². The second kappa shape index (κ2) is 8.14. The molecule has 14 heteroatoms. The van der Waals surface area contributed by atoms with Crippen molar-refractivity contribution in [3.63, 3.8) is 0 Å². The number of nitrogens with two attached hydrogens (primary N) is 1. The van der Waals surface area contributed by atoms with E-state index in [9.17, 15) is 23.2 Å². The number of halogens is 2. The number of aromatic nitrogens is 4. The highest BCUT2D eigenvalue weighted by Crippen LogP contribution is 2.37. The minimum absolute atomic E-state index is 0.380. The van der Waals surface area contributed by atoms with Gasteiger partial charge in [-0.05, 0) is 0 Å². The highest BCUT2D eigenvalue weighted by atomic mass is 19.1. The van der Waals surface area contributed by atoms with Crippen LogP contribution in [0.25, 0.3) is 11.2 Å². The molecule has 0 saturated carbocycles. The first-order valence-electron chi connectivity index (χ1n) is 8.58. The van der Waals surface area contributed by atoms with Gasteiger partial charge in [0.05, 0.1) is 0 Å².